The Morgan fingerprint density at radius 3 is 2.22 bits per heavy atom. The van der Waals surface area contributed by atoms with Gasteiger partial charge in [-0.2, -0.15) is 13.2 Å². The molecule has 0 saturated carbocycles. The zero-order valence-corrected chi connectivity index (χ0v) is 10.2. The van der Waals surface area contributed by atoms with Crippen LogP contribution < -0.4 is 0 Å². The molecule has 18 heavy (non-hydrogen) atoms. The molecule has 1 aromatic rings. The first-order valence-electron chi connectivity index (χ1n) is 5.30. The molecule has 0 saturated heterocycles. The fraction of sp³-hybridized carbons (Fsp3) is 0.500. The van der Waals surface area contributed by atoms with Crippen LogP contribution in [0.5, 0.6) is 0 Å². The smallest absolute Gasteiger partial charge is 0.433 e. The fourth-order valence-corrected chi connectivity index (χ4v) is 1.71. The van der Waals surface area contributed by atoms with Gasteiger partial charge in [-0.25, -0.2) is 4.98 Å². The van der Waals surface area contributed by atoms with E-state index in [2.05, 4.69) is 4.98 Å². The number of aliphatic carboxylic acids is 1. The summed E-state index contributed by atoms with van der Waals surface area (Å²) >= 11 is 0. The SMILES string of the molecule is CC(C)(C)C(C(=O)O)c1cccc(C(F)(F)F)n1. The maximum Gasteiger partial charge on any atom is 0.433 e. The van der Waals surface area contributed by atoms with E-state index in [0.29, 0.717) is 0 Å². The molecule has 0 aliphatic rings. The topological polar surface area (TPSA) is 50.2 Å². The molecule has 0 bridgehead atoms. The van der Waals surface area contributed by atoms with Gasteiger partial charge in [0.25, 0.3) is 0 Å². The van der Waals surface area contributed by atoms with E-state index in [-0.39, 0.29) is 5.69 Å². The van der Waals surface area contributed by atoms with Crippen LogP contribution >= 0.6 is 0 Å². The van der Waals surface area contributed by atoms with Gasteiger partial charge in [0.1, 0.15) is 11.6 Å². The van der Waals surface area contributed by atoms with E-state index in [4.69, 9.17) is 5.11 Å². The van der Waals surface area contributed by atoms with Crippen LogP contribution in [-0.4, -0.2) is 16.1 Å². The van der Waals surface area contributed by atoms with Crippen molar-refractivity contribution in [2.45, 2.75) is 32.9 Å². The third-order valence-electron chi connectivity index (χ3n) is 2.47. The number of carbonyl (C=O) groups is 1. The molecule has 0 amide bonds. The Morgan fingerprint density at radius 1 is 1.28 bits per heavy atom. The lowest BCUT2D eigenvalue weighted by Gasteiger charge is -2.26. The van der Waals surface area contributed by atoms with Crippen molar-refractivity contribution in [2.24, 2.45) is 5.41 Å². The minimum Gasteiger partial charge on any atom is -0.481 e. The van der Waals surface area contributed by atoms with Crippen molar-refractivity contribution in [2.75, 3.05) is 0 Å². The van der Waals surface area contributed by atoms with Gasteiger partial charge in [-0.1, -0.05) is 26.8 Å². The molecule has 1 rings (SSSR count). The summed E-state index contributed by atoms with van der Waals surface area (Å²) in [6, 6.07) is 3.30. The molecular weight excluding hydrogens is 247 g/mol. The number of alkyl halides is 3. The van der Waals surface area contributed by atoms with Crippen molar-refractivity contribution in [3.8, 4) is 0 Å². The van der Waals surface area contributed by atoms with Crippen LogP contribution in [0.1, 0.15) is 38.1 Å². The number of carboxylic acids is 1. The highest BCUT2D eigenvalue weighted by atomic mass is 19.4. The first-order valence-corrected chi connectivity index (χ1v) is 5.30. The Morgan fingerprint density at radius 2 is 1.83 bits per heavy atom. The summed E-state index contributed by atoms with van der Waals surface area (Å²) in [6.07, 6.45) is -4.57. The lowest BCUT2D eigenvalue weighted by Crippen LogP contribution is -2.27. The van der Waals surface area contributed by atoms with Crippen LogP contribution in [0.15, 0.2) is 18.2 Å². The predicted octanol–water partition coefficient (Wildman–Crippen LogP) is 3.31. The zero-order valence-electron chi connectivity index (χ0n) is 10.2. The van der Waals surface area contributed by atoms with Crippen LogP contribution in [0.4, 0.5) is 13.2 Å². The third kappa shape index (κ3) is 3.21. The van der Waals surface area contributed by atoms with E-state index >= 15 is 0 Å². The Balaban J connectivity index is 3.27. The Labute approximate surface area is 103 Å². The molecule has 100 valence electrons. The molecule has 0 aliphatic heterocycles. The molecular formula is C12H14F3NO2. The second-order valence-electron chi connectivity index (χ2n) is 5.08. The molecule has 1 N–H and O–H groups in total. The molecule has 0 aromatic carbocycles. The van der Waals surface area contributed by atoms with Crippen molar-refractivity contribution in [1.82, 2.24) is 4.98 Å². The van der Waals surface area contributed by atoms with Gasteiger partial charge < -0.3 is 5.11 Å². The first kappa shape index (κ1) is 14.5. The highest BCUT2D eigenvalue weighted by Gasteiger charge is 2.37. The number of hydrogen-bond donors (Lipinski definition) is 1. The highest BCUT2D eigenvalue weighted by Crippen LogP contribution is 2.36. The average molecular weight is 261 g/mol. The minimum absolute atomic E-state index is 0.0789. The number of carboxylic acid groups (broad SMARTS) is 1. The van der Waals surface area contributed by atoms with Gasteiger partial charge in [-0.15, -0.1) is 0 Å². The van der Waals surface area contributed by atoms with Gasteiger partial charge in [-0.05, 0) is 17.5 Å². The fourth-order valence-electron chi connectivity index (χ4n) is 1.71. The van der Waals surface area contributed by atoms with Crippen LogP contribution in [0.3, 0.4) is 0 Å². The monoisotopic (exact) mass is 261 g/mol. The molecule has 1 atom stereocenters. The summed E-state index contributed by atoms with van der Waals surface area (Å²) in [5, 5.41) is 9.13. The van der Waals surface area contributed by atoms with Crippen LogP contribution in [0.25, 0.3) is 0 Å². The molecule has 6 heteroatoms. The van der Waals surface area contributed by atoms with Crippen LogP contribution in [0, 0.1) is 5.41 Å². The lowest BCUT2D eigenvalue weighted by molar-refractivity contribution is -0.144. The zero-order chi connectivity index (χ0) is 14.1. The predicted molar refractivity (Wildman–Crippen MR) is 59.1 cm³/mol. The number of nitrogens with zero attached hydrogens (tertiary/aromatic N) is 1. The normalized spacial score (nSPS) is 14.3. The summed E-state index contributed by atoms with van der Waals surface area (Å²) in [5.74, 6) is -2.27. The summed E-state index contributed by atoms with van der Waals surface area (Å²) < 4.78 is 37.6. The molecule has 0 aliphatic carbocycles. The van der Waals surface area contributed by atoms with Gasteiger partial charge in [0.05, 0.1) is 5.69 Å². The molecule has 1 aromatic heterocycles. The second-order valence-corrected chi connectivity index (χ2v) is 5.08. The van der Waals surface area contributed by atoms with Gasteiger partial charge in [0.2, 0.25) is 0 Å². The van der Waals surface area contributed by atoms with Crippen LogP contribution in [-0.2, 0) is 11.0 Å². The van der Waals surface area contributed by atoms with E-state index in [1.54, 1.807) is 20.8 Å². The molecule has 1 heterocycles. The van der Waals surface area contributed by atoms with Gasteiger partial charge in [-0.3, -0.25) is 4.79 Å². The molecule has 1 unspecified atom stereocenters. The Bertz CT molecular complexity index is 449. The summed E-state index contributed by atoms with van der Waals surface area (Å²) in [4.78, 5) is 14.6. The van der Waals surface area contributed by atoms with E-state index in [0.717, 1.165) is 6.07 Å². The van der Waals surface area contributed by atoms with Crippen molar-refractivity contribution >= 4 is 5.97 Å². The number of pyridine rings is 1. The van der Waals surface area contributed by atoms with E-state index in [1.807, 2.05) is 0 Å². The summed E-state index contributed by atoms with van der Waals surface area (Å²) in [5.41, 5.74) is -1.87. The summed E-state index contributed by atoms with van der Waals surface area (Å²) in [7, 11) is 0. The largest absolute Gasteiger partial charge is 0.481 e. The third-order valence-corrected chi connectivity index (χ3v) is 2.47. The highest BCUT2D eigenvalue weighted by molar-refractivity contribution is 5.76. The quantitative estimate of drug-likeness (QED) is 0.888. The van der Waals surface area contributed by atoms with Gasteiger partial charge in [0, 0.05) is 0 Å². The van der Waals surface area contributed by atoms with E-state index in [9.17, 15) is 18.0 Å². The van der Waals surface area contributed by atoms with Gasteiger partial charge in [0.15, 0.2) is 0 Å². The number of halogens is 3. The van der Waals surface area contributed by atoms with Gasteiger partial charge >= 0.3 is 12.1 Å². The Kier molecular flexibility index (Phi) is 3.69. The Hall–Kier alpha value is -1.59. The van der Waals surface area contributed by atoms with Crippen molar-refractivity contribution < 1.29 is 23.1 Å². The van der Waals surface area contributed by atoms with Crippen molar-refractivity contribution in [3.63, 3.8) is 0 Å². The number of hydrogen-bond acceptors (Lipinski definition) is 2. The molecule has 3 nitrogen and oxygen atoms in total. The number of rotatable bonds is 2. The van der Waals surface area contributed by atoms with Crippen molar-refractivity contribution in [3.05, 3.63) is 29.6 Å². The number of aromatic nitrogens is 1. The first-order chi connectivity index (χ1) is 8.03. The average Bonchev–Trinajstić information content (AvgIpc) is 2.13. The maximum absolute atomic E-state index is 12.5. The molecule has 0 fully saturated rings. The maximum atomic E-state index is 12.5. The lowest BCUT2D eigenvalue weighted by atomic mass is 9.78. The van der Waals surface area contributed by atoms with Crippen LogP contribution in [0.2, 0.25) is 0 Å². The molecule has 0 radical (unpaired) electrons. The van der Waals surface area contributed by atoms with E-state index < -0.39 is 29.2 Å². The second kappa shape index (κ2) is 4.59. The molecule has 0 spiro atoms. The van der Waals surface area contributed by atoms with E-state index in [1.165, 1.54) is 12.1 Å². The minimum atomic E-state index is -4.57. The van der Waals surface area contributed by atoms with Crippen molar-refractivity contribution in [1.29, 1.82) is 0 Å². The summed E-state index contributed by atoms with van der Waals surface area (Å²) in [6.45, 7) is 4.94. The standard InChI is InChI=1S/C12H14F3NO2/c1-11(2,3)9(10(17)18)7-5-4-6-8(16-7)12(13,14)15/h4-6,9H,1-3H3,(H,17,18).